The number of ether oxygens (including phenoxy) is 1. The molecule has 0 fully saturated rings. The van der Waals surface area contributed by atoms with Gasteiger partial charge < -0.3 is 20.7 Å². The van der Waals surface area contributed by atoms with Crippen molar-refractivity contribution in [3.8, 4) is 22.6 Å². The molecule has 5 aromatic rings. The zero-order chi connectivity index (χ0) is 32.6. The highest BCUT2D eigenvalue weighted by Gasteiger charge is 2.25. The Labute approximate surface area is 275 Å². The molecule has 0 radical (unpaired) electrons. The highest BCUT2D eigenvalue weighted by atomic mass is 16.5. The van der Waals surface area contributed by atoms with Crippen LogP contribution in [0.1, 0.15) is 57.9 Å². The third kappa shape index (κ3) is 7.65. The van der Waals surface area contributed by atoms with Crippen molar-refractivity contribution in [2.45, 2.75) is 44.8 Å². The van der Waals surface area contributed by atoms with Gasteiger partial charge in [0.05, 0.1) is 18.3 Å². The van der Waals surface area contributed by atoms with Gasteiger partial charge in [-0.2, -0.15) is 0 Å². The molecule has 0 aliphatic heterocycles. The molecule has 236 valence electrons. The molecule has 0 spiro atoms. The van der Waals surface area contributed by atoms with Crippen LogP contribution in [-0.2, 0) is 29.1 Å². The second kappa shape index (κ2) is 14.7. The smallest absolute Gasteiger partial charge is 0.227 e. The van der Waals surface area contributed by atoms with Crippen LogP contribution < -0.4 is 20.7 Å². The Kier molecular flexibility index (Phi) is 9.84. The van der Waals surface area contributed by atoms with Crippen LogP contribution in [0.25, 0.3) is 11.1 Å². The molecule has 1 atom stereocenters. The third-order valence-electron chi connectivity index (χ3n) is 8.50. The number of rotatable bonds is 12. The number of nitrogens with two attached hydrogens (primary N) is 1. The molecule has 7 nitrogen and oxygen atoms in total. The van der Waals surface area contributed by atoms with Crippen molar-refractivity contribution in [2.75, 3.05) is 4.90 Å². The molecule has 1 aliphatic rings. The Morgan fingerprint density at radius 2 is 1.60 bits per heavy atom. The summed E-state index contributed by atoms with van der Waals surface area (Å²) in [4.78, 5) is 40.0. The van der Waals surface area contributed by atoms with E-state index < -0.39 is 0 Å². The summed E-state index contributed by atoms with van der Waals surface area (Å²) in [7, 11) is 0. The van der Waals surface area contributed by atoms with Crippen molar-refractivity contribution in [3.63, 3.8) is 0 Å². The Hall–Kier alpha value is -5.53. The first-order chi connectivity index (χ1) is 23.0. The van der Waals surface area contributed by atoms with Gasteiger partial charge >= 0.3 is 0 Å². The van der Waals surface area contributed by atoms with Crippen molar-refractivity contribution in [2.24, 2.45) is 5.73 Å². The Morgan fingerprint density at radius 3 is 2.43 bits per heavy atom. The molecule has 47 heavy (non-hydrogen) atoms. The molecule has 7 heteroatoms. The van der Waals surface area contributed by atoms with E-state index in [0.717, 1.165) is 46.9 Å². The average molecular weight is 624 g/mol. The number of hydrogen-bond acceptors (Lipinski definition) is 5. The van der Waals surface area contributed by atoms with Crippen LogP contribution in [-0.4, -0.2) is 18.1 Å². The first kappa shape index (κ1) is 31.5. The Balaban J connectivity index is 1.23. The van der Waals surface area contributed by atoms with E-state index in [1.807, 2.05) is 103 Å². The number of aryl methyl sites for hydroxylation is 1. The summed E-state index contributed by atoms with van der Waals surface area (Å²) in [5, 5.41) is 3.14. The molecule has 0 bridgehead atoms. The van der Waals surface area contributed by atoms with Gasteiger partial charge in [-0.1, -0.05) is 91.0 Å². The van der Waals surface area contributed by atoms with E-state index in [2.05, 4.69) is 17.4 Å². The maximum absolute atomic E-state index is 14.0. The van der Waals surface area contributed by atoms with E-state index in [1.165, 1.54) is 5.56 Å². The van der Waals surface area contributed by atoms with Gasteiger partial charge in [0.1, 0.15) is 12.0 Å². The largest absolute Gasteiger partial charge is 0.455 e. The van der Waals surface area contributed by atoms with Crippen LogP contribution in [0.2, 0.25) is 0 Å². The van der Waals surface area contributed by atoms with Crippen LogP contribution in [0.5, 0.6) is 11.5 Å². The second-order valence-corrected chi connectivity index (χ2v) is 11.7. The fraction of sp³-hybridized carbons (Fsp3) is 0.175. The minimum Gasteiger partial charge on any atom is -0.455 e. The molecule has 6 rings (SSSR count). The molecule has 5 aromatic carbocycles. The molecule has 1 unspecified atom stereocenters. The van der Waals surface area contributed by atoms with E-state index in [-0.39, 0.29) is 37.2 Å². The first-order valence-electron chi connectivity index (χ1n) is 15.9. The van der Waals surface area contributed by atoms with Crippen LogP contribution >= 0.6 is 0 Å². The highest BCUT2D eigenvalue weighted by molar-refractivity contribution is 5.96. The third-order valence-corrected chi connectivity index (χ3v) is 8.50. The number of aldehydes is 1. The summed E-state index contributed by atoms with van der Waals surface area (Å²) < 4.78 is 6.31. The monoisotopic (exact) mass is 623 g/mol. The number of nitrogens with zero attached hydrogens (tertiary/aromatic N) is 1. The first-order valence-corrected chi connectivity index (χ1v) is 15.9. The van der Waals surface area contributed by atoms with Crippen molar-refractivity contribution in [1.82, 2.24) is 5.32 Å². The van der Waals surface area contributed by atoms with Gasteiger partial charge in [0.15, 0.2) is 5.75 Å². The van der Waals surface area contributed by atoms with Gasteiger partial charge in [0, 0.05) is 24.9 Å². The molecule has 0 heterocycles. The molecule has 1 aliphatic carbocycles. The number of anilines is 1. The number of carbonyl (C=O) groups excluding carboxylic acids is 3. The van der Waals surface area contributed by atoms with Gasteiger partial charge in [-0.25, -0.2) is 0 Å². The Morgan fingerprint density at radius 1 is 0.809 bits per heavy atom. The predicted molar refractivity (Wildman–Crippen MR) is 184 cm³/mol. The maximum atomic E-state index is 14.0. The van der Waals surface area contributed by atoms with E-state index in [4.69, 9.17) is 10.5 Å². The zero-order valence-electron chi connectivity index (χ0n) is 26.1. The number of benzene rings is 5. The molecule has 3 N–H and O–H groups in total. The summed E-state index contributed by atoms with van der Waals surface area (Å²) >= 11 is 0. The lowest BCUT2D eigenvalue weighted by atomic mass is 10.0. The lowest BCUT2D eigenvalue weighted by molar-refractivity contribution is -0.125. The van der Waals surface area contributed by atoms with E-state index in [9.17, 15) is 14.4 Å². The lowest BCUT2D eigenvalue weighted by Crippen LogP contribution is -2.33. The number of para-hydroxylation sites is 2. The standard InChI is InChI=1S/C40H37N3O4/c41-25-29-7-6-11-34(24-29)47-38-14-4-3-13-37(38)43(26-28-15-17-31(18-16-28)33-10-5-8-30(23-33)27-44)40(46)22-21-39(45)42-36-20-19-32-9-1-2-12-35(32)36/h1-18,23-24,27,36H,19-22,25-26,41H2,(H,42,45). The molecular formula is C40H37N3O4. The van der Waals surface area contributed by atoms with Crippen LogP contribution in [0.15, 0.2) is 121 Å². The van der Waals surface area contributed by atoms with Crippen LogP contribution in [0, 0.1) is 0 Å². The SMILES string of the molecule is NCc1cccc(Oc2ccccc2N(Cc2ccc(-c3cccc(C=O)c3)cc2)C(=O)CCC(=O)NC2CCc3ccccc32)c1. The molecule has 2 amide bonds. The zero-order valence-corrected chi connectivity index (χ0v) is 26.1. The summed E-state index contributed by atoms with van der Waals surface area (Å²) in [5.74, 6) is 0.793. The minimum absolute atomic E-state index is 0.0333. The van der Waals surface area contributed by atoms with E-state index >= 15 is 0 Å². The summed E-state index contributed by atoms with van der Waals surface area (Å²) in [6.07, 6.45) is 2.73. The van der Waals surface area contributed by atoms with Crippen LogP contribution in [0.4, 0.5) is 5.69 Å². The summed E-state index contributed by atoms with van der Waals surface area (Å²) in [6.45, 7) is 0.654. The summed E-state index contributed by atoms with van der Waals surface area (Å²) in [5.41, 5.74) is 13.2. The number of nitrogens with one attached hydrogen (secondary N) is 1. The van der Waals surface area contributed by atoms with E-state index in [1.54, 1.807) is 11.0 Å². The minimum atomic E-state index is -0.193. The topological polar surface area (TPSA) is 102 Å². The molecular weight excluding hydrogens is 586 g/mol. The van der Waals surface area contributed by atoms with Crippen molar-refractivity contribution in [1.29, 1.82) is 0 Å². The maximum Gasteiger partial charge on any atom is 0.227 e. The van der Waals surface area contributed by atoms with Crippen molar-refractivity contribution in [3.05, 3.63) is 149 Å². The predicted octanol–water partition coefficient (Wildman–Crippen LogP) is 7.53. The summed E-state index contributed by atoms with van der Waals surface area (Å²) in [6, 6.07) is 38.5. The van der Waals surface area contributed by atoms with Gasteiger partial charge in [0.25, 0.3) is 0 Å². The van der Waals surface area contributed by atoms with Crippen LogP contribution in [0.3, 0.4) is 0 Å². The van der Waals surface area contributed by atoms with E-state index in [0.29, 0.717) is 29.3 Å². The molecule has 0 saturated carbocycles. The molecule has 0 saturated heterocycles. The van der Waals surface area contributed by atoms with Crippen molar-refractivity contribution >= 4 is 23.8 Å². The number of fused-ring (bicyclic) bond motifs is 1. The van der Waals surface area contributed by atoms with Gasteiger partial charge in [-0.3, -0.25) is 14.4 Å². The number of carbonyl (C=O) groups is 3. The van der Waals surface area contributed by atoms with Crippen molar-refractivity contribution < 1.29 is 19.1 Å². The fourth-order valence-corrected chi connectivity index (χ4v) is 6.04. The number of amides is 2. The normalized spacial score (nSPS) is 13.4. The highest BCUT2D eigenvalue weighted by Crippen LogP contribution is 2.35. The second-order valence-electron chi connectivity index (χ2n) is 11.7. The fourth-order valence-electron chi connectivity index (χ4n) is 6.04. The average Bonchev–Trinajstić information content (AvgIpc) is 3.52. The Bertz CT molecular complexity index is 1890. The van der Waals surface area contributed by atoms with Gasteiger partial charge in [0.2, 0.25) is 11.8 Å². The quantitative estimate of drug-likeness (QED) is 0.140. The van der Waals surface area contributed by atoms with Gasteiger partial charge in [-0.05, 0) is 76.6 Å². The molecule has 0 aromatic heterocycles. The lowest BCUT2D eigenvalue weighted by Gasteiger charge is -2.26. The number of hydrogen-bond donors (Lipinski definition) is 2. The van der Waals surface area contributed by atoms with Gasteiger partial charge in [-0.15, -0.1) is 0 Å².